The van der Waals surface area contributed by atoms with Gasteiger partial charge < -0.3 is 20.4 Å². The van der Waals surface area contributed by atoms with E-state index in [2.05, 4.69) is 13.2 Å². The quantitative estimate of drug-likeness (QED) is 0.223. The van der Waals surface area contributed by atoms with Crippen LogP contribution in [-0.4, -0.2) is 46.6 Å². The highest BCUT2D eigenvalue weighted by molar-refractivity contribution is 5.84. The molecule has 3 aliphatic carbocycles. The molecule has 4 N–H and O–H groups in total. The maximum atomic E-state index is 9.60. The zero-order valence-corrected chi connectivity index (χ0v) is 30.3. The van der Waals surface area contributed by atoms with E-state index in [1.165, 1.54) is 200 Å². The van der Waals surface area contributed by atoms with Gasteiger partial charge in [0.15, 0.2) is 0 Å². The molecule has 0 amide bonds. The topological polar surface area (TPSA) is 115 Å². The monoisotopic (exact) mass is 643 g/mol. The van der Waals surface area contributed by atoms with E-state index >= 15 is 0 Å². The van der Waals surface area contributed by atoms with Crippen LogP contribution in [0, 0.1) is 0 Å². The van der Waals surface area contributed by atoms with Crippen molar-refractivity contribution in [3.05, 3.63) is 24.8 Å². The van der Waals surface area contributed by atoms with E-state index in [-0.39, 0.29) is 5.57 Å². The van der Waals surface area contributed by atoms with Gasteiger partial charge in [0.25, 0.3) is 0 Å². The molecule has 0 bridgehead atoms. The van der Waals surface area contributed by atoms with Gasteiger partial charge in [-0.25, -0.2) is 9.59 Å². The fourth-order valence-electron chi connectivity index (χ4n) is 5.30. The molecule has 0 heterocycles. The van der Waals surface area contributed by atoms with Gasteiger partial charge in [0, 0.05) is 25.9 Å². The molecule has 3 saturated carbocycles. The van der Waals surface area contributed by atoms with Gasteiger partial charge in [-0.1, -0.05) is 206 Å². The lowest BCUT2D eigenvalue weighted by molar-refractivity contribution is -0.133. The summed E-state index contributed by atoms with van der Waals surface area (Å²) in [5.41, 5.74) is 0.176. The highest BCUT2D eigenvalue weighted by Gasteiger charge is 1.98. The molecular weight excluding hydrogens is 564 g/mol. The van der Waals surface area contributed by atoms with Crippen LogP contribution in [0.5, 0.6) is 0 Å². The fraction of sp³-hybridized carbons (Fsp3) is 0.846. The Kier molecular flexibility index (Phi) is 54.9. The minimum Gasteiger partial charge on any atom is -0.478 e. The minimum absolute atomic E-state index is 0.176. The van der Waals surface area contributed by atoms with Crippen LogP contribution >= 0.6 is 0 Å². The first-order valence-corrected chi connectivity index (χ1v) is 18.6. The van der Waals surface area contributed by atoms with Gasteiger partial charge in [-0.3, -0.25) is 0 Å². The van der Waals surface area contributed by atoms with Gasteiger partial charge in [-0.15, -0.1) is 0 Å². The molecule has 0 aromatic carbocycles. The van der Waals surface area contributed by atoms with Gasteiger partial charge in [0.05, 0.1) is 0 Å². The minimum atomic E-state index is -0.981. The maximum absolute atomic E-state index is 9.60. The van der Waals surface area contributed by atoms with Crippen molar-refractivity contribution in [3.63, 3.8) is 0 Å². The second-order valence-electron chi connectivity index (χ2n) is 12.2. The van der Waals surface area contributed by atoms with Crippen LogP contribution in [0.15, 0.2) is 24.8 Å². The molecular formula is C39H78O6. The number of aliphatic hydroxyl groups excluding tert-OH is 2. The number of carboxylic acids is 2. The average molecular weight is 643 g/mol. The highest BCUT2D eigenvalue weighted by atomic mass is 16.4. The summed E-state index contributed by atoms with van der Waals surface area (Å²) >= 11 is 0. The van der Waals surface area contributed by atoms with E-state index in [9.17, 15) is 9.59 Å². The van der Waals surface area contributed by atoms with Crippen LogP contribution in [-0.2, 0) is 9.59 Å². The number of aliphatic hydroxyl groups is 2. The van der Waals surface area contributed by atoms with Crippen LogP contribution in [0.3, 0.4) is 0 Å². The van der Waals surface area contributed by atoms with Crippen molar-refractivity contribution in [2.75, 3.05) is 14.2 Å². The van der Waals surface area contributed by atoms with Crippen LogP contribution < -0.4 is 0 Å². The van der Waals surface area contributed by atoms with Gasteiger partial charge in [-0.05, 0) is 6.92 Å². The van der Waals surface area contributed by atoms with Crippen molar-refractivity contribution in [2.24, 2.45) is 0 Å². The summed E-state index contributed by atoms with van der Waals surface area (Å²) in [7, 11) is 2.00. The third-order valence-corrected chi connectivity index (χ3v) is 8.04. The van der Waals surface area contributed by atoms with Crippen LogP contribution in [0.1, 0.15) is 200 Å². The van der Waals surface area contributed by atoms with Crippen molar-refractivity contribution >= 4 is 11.9 Å². The molecule has 0 radical (unpaired) electrons. The van der Waals surface area contributed by atoms with Crippen molar-refractivity contribution in [2.45, 2.75) is 200 Å². The van der Waals surface area contributed by atoms with E-state index in [0.717, 1.165) is 20.3 Å². The van der Waals surface area contributed by atoms with Crippen LogP contribution in [0.2, 0.25) is 0 Å². The third kappa shape index (κ3) is 58.4. The second-order valence-corrected chi connectivity index (χ2v) is 12.2. The van der Waals surface area contributed by atoms with E-state index in [0.29, 0.717) is 0 Å². The lowest BCUT2D eigenvalue weighted by atomic mass is 10.0. The van der Waals surface area contributed by atoms with Crippen molar-refractivity contribution in [1.82, 2.24) is 0 Å². The summed E-state index contributed by atoms with van der Waals surface area (Å²) in [4.78, 5) is 18.8. The number of rotatable bonds is 2. The Hall–Kier alpha value is -1.66. The molecule has 3 rings (SSSR count). The molecule has 0 aliphatic heterocycles. The maximum Gasteiger partial charge on any atom is 0.330 e. The summed E-state index contributed by atoms with van der Waals surface area (Å²) in [6.45, 7) is 7.56. The molecule has 270 valence electrons. The molecule has 0 spiro atoms. The fourth-order valence-corrected chi connectivity index (χ4v) is 5.30. The van der Waals surface area contributed by atoms with E-state index in [1.54, 1.807) is 0 Å². The lowest BCUT2D eigenvalue weighted by Crippen LogP contribution is -1.92. The number of hydrogen-bond donors (Lipinski definition) is 4. The number of carboxylic acid groups (broad SMARTS) is 2. The standard InChI is InChI=1S/3C10H20.C4H6O2.C3H4O2.2CH4O/c3*1-2-4-6-8-10-9-7-5-3-1;1-3(2)4(5)6;1-2-3(4)5;2*1-2/h3*1-10H2;1H2,2H3,(H,5,6);2H,1H2,(H,4,5);2*2H,1H3. The zero-order chi connectivity index (χ0) is 34.7. The lowest BCUT2D eigenvalue weighted by Gasteiger charge is -2.05. The molecule has 6 nitrogen and oxygen atoms in total. The van der Waals surface area contributed by atoms with E-state index < -0.39 is 11.9 Å². The van der Waals surface area contributed by atoms with Gasteiger partial charge in [0.2, 0.25) is 0 Å². The molecule has 0 aromatic rings. The Morgan fingerprint density at radius 1 is 0.400 bits per heavy atom. The number of hydrogen-bond acceptors (Lipinski definition) is 4. The average Bonchev–Trinajstić information content (AvgIpc) is 3.08. The molecule has 0 atom stereocenters. The molecule has 6 heteroatoms. The molecule has 0 saturated heterocycles. The SMILES string of the molecule is C1CCCCCCCCC1.C1CCCCCCCCC1.C1CCCCCCCCC1.C=C(C)C(=O)O.C=CC(=O)O.CO.CO. The Morgan fingerprint density at radius 2 is 0.467 bits per heavy atom. The van der Waals surface area contributed by atoms with Crippen molar-refractivity contribution < 1.29 is 30.0 Å². The smallest absolute Gasteiger partial charge is 0.330 e. The second kappa shape index (κ2) is 49.2. The van der Waals surface area contributed by atoms with Gasteiger partial charge in [-0.2, -0.15) is 0 Å². The highest BCUT2D eigenvalue weighted by Crippen LogP contribution is 2.17. The predicted molar refractivity (Wildman–Crippen MR) is 195 cm³/mol. The van der Waals surface area contributed by atoms with Crippen LogP contribution in [0.25, 0.3) is 0 Å². The normalized spacial score (nSPS) is 18.0. The molecule has 45 heavy (non-hydrogen) atoms. The number of aliphatic carboxylic acids is 2. The summed E-state index contributed by atoms with van der Waals surface area (Å²) < 4.78 is 0. The Morgan fingerprint density at radius 3 is 0.489 bits per heavy atom. The molecule has 3 fully saturated rings. The molecule has 0 aromatic heterocycles. The van der Waals surface area contributed by atoms with Crippen LogP contribution in [0.4, 0.5) is 0 Å². The first-order valence-electron chi connectivity index (χ1n) is 18.6. The summed E-state index contributed by atoms with van der Waals surface area (Å²) in [5, 5.41) is 29.5. The largest absolute Gasteiger partial charge is 0.478 e. The summed E-state index contributed by atoms with van der Waals surface area (Å²) in [6, 6.07) is 0. The molecule has 0 unspecified atom stereocenters. The van der Waals surface area contributed by atoms with Gasteiger partial charge in [0.1, 0.15) is 0 Å². The zero-order valence-electron chi connectivity index (χ0n) is 30.3. The van der Waals surface area contributed by atoms with Gasteiger partial charge >= 0.3 is 11.9 Å². The van der Waals surface area contributed by atoms with E-state index in [4.69, 9.17) is 20.4 Å². The first kappa shape index (κ1) is 50.2. The first-order chi connectivity index (χ1) is 21.9. The summed E-state index contributed by atoms with van der Waals surface area (Å²) in [6.07, 6.45) is 45.8. The Balaban J connectivity index is -0.000000232. The van der Waals surface area contributed by atoms with Crippen molar-refractivity contribution in [3.8, 4) is 0 Å². The van der Waals surface area contributed by atoms with E-state index in [1.807, 2.05) is 0 Å². The van der Waals surface area contributed by atoms with Crippen molar-refractivity contribution in [1.29, 1.82) is 0 Å². The molecule has 3 aliphatic rings. The Labute approximate surface area is 280 Å². The Bertz CT molecular complexity index is 431. The number of carbonyl (C=O) groups is 2. The third-order valence-electron chi connectivity index (χ3n) is 8.04. The summed E-state index contributed by atoms with van der Waals surface area (Å²) in [5.74, 6) is -1.92. The predicted octanol–water partition coefficient (Wildman–Crippen LogP) is 11.8.